The molecule has 4 amide bonds. The van der Waals surface area contributed by atoms with Crippen molar-refractivity contribution < 1.29 is 29.1 Å². The van der Waals surface area contributed by atoms with E-state index in [0.717, 1.165) is 10.9 Å². The molecule has 0 aliphatic heterocycles. The number of aromatic amines is 1. The molecule has 0 aliphatic rings. The van der Waals surface area contributed by atoms with E-state index < -0.39 is 66.1 Å². The molecular weight excluding hydrogens is 500 g/mol. The van der Waals surface area contributed by atoms with Gasteiger partial charge < -0.3 is 37.5 Å². The molecule has 37 heavy (non-hydrogen) atoms. The molecule has 0 radical (unpaired) electrons. The summed E-state index contributed by atoms with van der Waals surface area (Å²) in [6, 6.07) is 2.55. The Bertz CT molecular complexity index is 1140. The van der Waals surface area contributed by atoms with Gasteiger partial charge in [0.25, 0.3) is 0 Å². The Morgan fingerprint density at radius 1 is 1.03 bits per heavy atom. The van der Waals surface area contributed by atoms with E-state index in [2.05, 4.69) is 33.6 Å². The second-order valence-electron chi connectivity index (χ2n) is 8.86. The molecule has 2 rings (SSSR count). The van der Waals surface area contributed by atoms with Crippen LogP contribution < -0.4 is 27.4 Å². The largest absolute Gasteiger partial charge is 0.480 e. The number of amides is 4. The van der Waals surface area contributed by atoms with Gasteiger partial charge in [0, 0.05) is 29.3 Å². The van der Waals surface area contributed by atoms with E-state index in [1.165, 1.54) is 0 Å². The number of nitrogens with one attached hydrogen (secondary N) is 4. The lowest BCUT2D eigenvalue weighted by Gasteiger charge is -2.27. The number of nitrogens with two attached hydrogens (primary N) is 2. The van der Waals surface area contributed by atoms with Gasteiger partial charge in [-0.2, -0.15) is 12.6 Å². The van der Waals surface area contributed by atoms with Crippen molar-refractivity contribution >= 4 is 53.1 Å². The smallest absolute Gasteiger partial charge is 0.326 e. The minimum atomic E-state index is -1.38. The molecule has 5 atom stereocenters. The van der Waals surface area contributed by atoms with E-state index in [4.69, 9.17) is 11.5 Å². The summed E-state index contributed by atoms with van der Waals surface area (Å²) in [6.07, 6.45) is 1.64. The molecule has 0 aliphatic carbocycles. The number of rotatable bonds is 14. The summed E-state index contributed by atoms with van der Waals surface area (Å²) < 4.78 is 0. The van der Waals surface area contributed by atoms with Crippen LogP contribution in [0.15, 0.2) is 30.5 Å². The van der Waals surface area contributed by atoms with E-state index in [1.807, 2.05) is 24.3 Å². The Balaban J connectivity index is 2.21. The van der Waals surface area contributed by atoms with E-state index in [0.29, 0.717) is 12.0 Å². The number of aromatic nitrogens is 1. The van der Waals surface area contributed by atoms with Gasteiger partial charge in [-0.3, -0.25) is 19.2 Å². The van der Waals surface area contributed by atoms with Crippen LogP contribution in [0.2, 0.25) is 0 Å². The van der Waals surface area contributed by atoms with Crippen LogP contribution in [0.1, 0.15) is 32.3 Å². The maximum atomic E-state index is 13.2. The molecule has 1 aromatic carbocycles. The molecule has 2 aromatic rings. The number of carbonyl (C=O) groups excluding carboxylic acids is 4. The number of primary amides is 1. The van der Waals surface area contributed by atoms with Gasteiger partial charge in [0.05, 0.1) is 12.5 Å². The maximum Gasteiger partial charge on any atom is 0.326 e. The third kappa shape index (κ3) is 8.22. The fourth-order valence-corrected chi connectivity index (χ4v) is 3.88. The summed E-state index contributed by atoms with van der Waals surface area (Å²) in [6.45, 7) is 3.50. The van der Waals surface area contributed by atoms with Crippen LogP contribution in [0.3, 0.4) is 0 Å². The topological polar surface area (TPSA) is 209 Å². The van der Waals surface area contributed by atoms with Crippen LogP contribution in [0.25, 0.3) is 10.9 Å². The highest BCUT2D eigenvalue weighted by atomic mass is 32.1. The molecule has 0 saturated carbocycles. The Labute approximate surface area is 219 Å². The predicted molar refractivity (Wildman–Crippen MR) is 141 cm³/mol. The van der Waals surface area contributed by atoms with Gasteiger partial charge in [0.15, 0.2) is 0 Å². The number of carbonyl (C=O) groups is 5. The number of para-hydroxylation sites is 1. The van der Waals surface area contributed by atoms with Crippen molar-refractivity contribution in [3.63, 3.8) is 0 Å². The Kier molecular flexibility index (Phi) is 10.9. The number of hydrogen-bond acceptors (Lipinski definition) is 7. The third-order valence-corrected chi connectivity index (χ3v) is 6.47. The van der Waals surface area contributed by atoms with Crippen LogP contribution in [-0.4, -0.2) is 69.6 Å². The fourth-order valence-electron chi connectivity index (χ4n) is 3.71. The second-order valence-corrected chi connectivity index (χ2v) is 9.22. The first-order chi connectivity index (χ1) is 17.5. The minimum Gasteiger partial charge on any atom is -0.480 e. The molecule has 1 aromatic heterocycles. The number of fused-ring (bicyclic) bond motifs is 1. The van der Waals surface area contributed by atoms with Gasteiger partial charge in [-0.1, -0.05) is 38.5 Å². The van der Waals surface area contributed by atoms with Crippen LogP contribution in [-0.2, 0) is 30.4 Å². The van der Waals surface area contributed by atoms with Crippen molar-refractivity contribution in [2.45, 2.75) is 57.3 Å². The molecule has 0 bridgehead atoms. The highest BCUT2D eigenvalue weighted by molar-refractivity contribution is 7.80. The quantitative estimate of drug-likeness (QED) is 0.148. The molecule has 5 unspecified atom stereocenters. The summed E-state index contributed by atoms with van der Waals surface area (Å²) >= 11 is 3.94. The highest BCUT2D eigenvalue weighted by Gasteiger charge is 2.33. The monoisotopic (exact) mass is 534 g/mol. The first-order valence-electron chi connectivity index (χ1n) is 11.8. The molecular formula is C24H34N6O6S. The number of carboxylic acid groups (broad SMARTS) is 1. The lowest BCUT2D eigenvalue weighted by molar-refractivity contribution is -0.142. The standard InChI is InChI=1S/C24H34N6O6S/c1-3-12(2)20(30-22(33)17(9-19(26)31)28-21(32)15(25)11-37)23(34)29-18(24(35)36)8-13-10-27-16-7-5-4-6-14(13)16/h4-7,10,12,15,17-18,20,27,37H,3,8-9,11,25H2,1-2H3,(H2,26,31)(H,28,32)(H,29,34)(H,30,33)(H,35,36). The fraction of sp³-hybridized carbons (Fsp3) is 0.458. The van der Waals surface area contributed by atoms with Gasteiger partial charge in [-0.15, -0.1) is 0 Å². The number of H-pyrrole nitrogens is 1. The molecule has 0 spiro atoms. The Hall–Kier alpha value is -3.58. The number of aliphatic carboxylic acids is 1. The summed E-state index contributed by atoms with van der Waals surface area (Å²) in [5.74, 6) is -4.77. The zero-order valence-electron chi connectivity index (χ0n) is 20.7. The SMILES string of the molecule is CCC(C)C(NC(=O)C(CC(N)=O)NC(=O)C(N)CS)C(=O)NC(Cc1c[nH]c2ccccc12)C(=O)O. The van der Waals surface area contributed by atoms with Crippen molar-refractivity contribution in [1.82, 2.24) is 20.9 Å². The Morgan fingerprint density at radius 3 is 2.27 bits per heavy atom. The van der Waals surface area contributed by atoms with Gasteiger partial charge in [0.2, 0.25) is 23.6 Å². The summed E-state index contributed by atoms with van der Waals surface area (Å²) in [5.41, 5.74) is 12.4. The molecule has 13 heteroatoms. The zero-order valence-corrected chi connectivity index (χ0v) is 21.6. The summed E-state index contributed by atoms with van der Waals surface area (Å²) in [5, 5.41) is 18.0. The number of benzene rings is 1. The average Bonchev–Trinajstić information content (AvgIpc) is 3.27. The van der Waals surface area contributed by atoms with E-state index >= 15 is 0 Å². The number of hydrogen-bond donors (Lipinski definition) is 8. The highest BCUT2D eigenvalue weighted by Crippen LogP contribution is 2.19. The predicted octanol–water partition coefficient (Wildman–Crippen LogP) is -0.572. The van der Waals surface area contributed by atoms with Gasteiger partial charge in [-0.05, 0) is 17.5 Å². The first kappa shape index (κ1) is 29.6. The minimum absolute atomic E-state index is 0.00164. The molecule has 202 valence electrons. The third-order valence-electron chi connectivity index (χ3n) is 6.08. The van der Waals surface area contributed by atoms with Crippen molar-refractivity contribution in [2.75, 3.05) is 5.75 Å². The Morgan fingerprint density at radius 2 is 1.68 bits per heavy atom. The molecule has 12 nitrogen and oxygen atoms in total. The number of carboxylic acids is 1. The van der Waals surface area contributed by atoms with Gasteiger partial charge in [-0.25, -0.2) is 4.79 Å². The van der Waals surface area contributed by atoms with E-state index in [9.17, 15) is 29.1 Å². The van der Waals surface area contributed by atoms with Gasteiger partial charge in [0.1, 0.15) is 18.1 Å². The van der Waals surface area contributed by atoms with Crippen LogP contribution >= 0.6 is 12.6 Å². The van der Waals surface area contributed by atoms with Crippen molar-refractivity contribution in [3.05, 3.63) is 36.0 Å². The van der Waals surface area contributed by atoms with Crippen molar-refractivity contribution in [1.29, 1.82) is 0 Å². The second kappa shape index (κ2) is 13.7. The van der Waals surface area contributed by atoms with Crippen molar-refractivity contribution in [3.8, 4) is 0 Å². The van der Waals surface area contributed by atoms with Gasteiger partial charge >= 0.3 is 5.97 Å². The van der Waals surface area contributed by atoms with E-state index in [1.54, 1.807) is 20.0 Å². The normalized spacial score (nSPS) is 15.1. The summed E-state index contributed by atoms with van der Waals surface area (Å²) in [4.78, 5) is 64.9. The van der Waals surface area contributed by atoms with Crippen molar-refractivity contribution in [2.24, 2.45) is 17.4 Å². The van der Waals surface area contributed by atoms with Crippen LogP contribution in [0, 0.1) is 5.92 Å². The van der Waals surface area contributed by atoms with Crippen LogP contribution in [0.5, 0.6) is 0 Å². The lowest BCUT2D eigenvalue weighted by Crippen LogP contribution is -2.59. The molecule has 9 N–H and O–H groups in total. The molecule has 0 fully saturated rings. The maximum absolute atomic E-state index is 13.2. The summed E-state index contributed by atoms with van der Waals surface area (Å²) in [7, 11) is 0. The molecule has 0 saturated heterocycles. The molecule has 1 heterocycles. The average molecular weight is 535 g/mol. The number of thiol groups is 1. The van der Waals surface area contributed by atoms with Crippen LogP contribution in [0.4, 0.5) is 0 Å². The van der Waals surface area contributed by atoms with E-state index in [-0.39, 0.29) is 12.2 Å². The lowest BCUT2D eigenvalue weighted by atomic mass is 9.96. The first-order valence-corrected chi connectivity index (χ1v) is 12.4. The zero-order chi connectivity index (χ0) is 27.7.